The van der Waals surface area contributed by atoms with Crippen LogP contribution in [0.4, 0.5) is 0 Å². The maximum absolute atomic E-state index is 5.95. The van der Waals surface area contributed by atoms with Crippen molar-refractivity contribution in [3.63, 3.8) is 0 Å². The zero-order valence-electron chi connectivity index (χ0n) is 8.26. The summed E-state index contributed by atoms with van der Waals surface area (Å²) >= 11 is 5.95. The summed E-state index contributed by atoms with van der Waals surface area (Å²) in [6.07, 6.45) is 2.38. The molecule has 0 atom stereocenters. The predicted octanol–water partition coefficient (Wildman–Crippen LogP) is 2.21. The van der Waals surface area contributed by atoms with Crippen LogP contribution in [0, 0.1) is 0 Å². The van der Waals surface area contributed by atoms with Crippen molar-refractivity contribution in [2.75, 3.05) is 6.54 Å². The average Bonchev–Trinajstić information content (AvgIpc) is 2.99. The molecule has 0 radical (unpaired) electrons. The number of nitrogens with two attached hydrogens (primary N) is 1. The van der Waals surface area contributed by atoms with Gasteiger partial charge in [0, 0.05) is 17.3 Å². The van der Waals surface area contributed by atoms with Gasteiger partial charge in [-0.25, -0.2) is 0 Å². The largest absolute Gasteiger partial charge is 0.330 e. The first-order valence-corrected chi connectivity index (χ1v) is 5.47. The smallest absolute Gasteiger partial charge is 0.132 e. The minimum Gasteiger partial charge on any atom is -0.330 e. The lowest BCUT2D eigenvalue weighted by Crippen LogP contribution is -2.19. The summed E-state index contributed by atoms with van der Waals surface area (Å²) in [5.41, 5.74) is 8.24. The number of halogens is 1. The Hall–Kier alpha value is -1.06. The van der Waals surface area contributed by atoms with E-state index >= 15 is 0 Å². The molecule has 3 nitrogen and oxygen atoms in total. The molecule has 1 heterocycles. The lowest BCUT2D eigenvalue weighted by atomic mass is 9.95. The predicted molar refractivity (Wildman–Crippen MR) is 61.1 cm³/mol. The summed E-state index contributed by atoms with van der Waals surface area (Å²) < 4.78 is 0. The minimum absolute atomic E-state index is 0.222. The summed E-state index contributed by atoms with van der Waals surface area (Å²) in [6, 6.07) is 6.23. The highest BCUT2D eigenvalue weighted by atomic mass is 35.5. The molecule has 0 saturated heterocycles. The third kappa shape index (κ3) is 1.27. The molecule has 0 bridgehead atoms. The van der Waals surface area contributed by atoms with Gasteiger partial charge in [-0.3, -0.25) is 5.10 Å². The number of fused-ring (bicyclic) bond motifs is 1. The van der Waals surface area contributed by atoms with Gasteiger partial charge in [-0.2, -0.15) is 5.10 Å². The molecule has 0 unspecified atom stereocenters. The molecule has 0 aliphatic heterocycles. The van der Waals surface area contributed by atoms with Crippen LogP contribution in [0.5, 0.6) is 0 Å². The maximum Gasteiger partial charge on any atom is 0.132 e. The maximum atomic E-state index is 5.95. The molecule has 15 heavy (non-hydrogen) atoms. The summed E-state index contributed by atoms with van der Waals surface area (Å²) in [5, 5.41) is 8.52. The van der Waals surface area contributed by atoms with Crippen LogP contribution in [-0.4, -0.2) is 16.7 Å². The van der Waals surface area contributed by atoms with Crippen LogP contribution in [0.15, 0.2) is 18.2 Å². The number of H-pyrrole nitrogens is 1. The van der Waals surface area contributed by atoms with E-state index in [1.807, 2.05) is 6.07 Å². The molecule has 1 aliphatic rings. The van der Waals surface area contributed by atoms with Gasteiger partial charge in [-0.1, -0.05) is 17.7 Å². The Bertz CT molecular complexity index is 514. The highest BCUT2D eigenvalue weighted by Crippen LogP contribution is 2.47. The summed E-state index contributed by atoms with van der Waals surface area (Å²) in [5.74, 6) is 0. The quantitative estimate of drug-likeness (QED) is 0.817. The van der Waals surface area contributed by atoms with Crippen molar-refractivity contribution in [3.8, 4) is 0 Å². The molecule has 3 rings (SSSR count). The second kappa shape index (κ2) is 2.97. The van der Waals surface area contributed by atoms with Crippen molar-refractivity contribution >= 4 is 22.5 Å². The summed E-state index contributed by atoms with van der Waals surface area (Å²) in [6.45, 7) is 0.719. The van der Waals surface area contributed by atoms with Gasteiger partial charge in [0.05, 0.1) is 5.52 Å². The fourth-order valence-electron chi connectivity index (χ4n) is 2.07. The number of nitrogens with zero attached hydrogens (tertiary/aromatic N) is 1. The van der Waals surface area contributed by atoms with Crippen molar-refractivity contribution < 1.29 is 0 Å². The minimum atomic E-state index is 0.222. The number of aromatic nitrogens is 2. The summed E-state index contributed by atoms with van der Waals surface area (Å²) in [4.78, 5) is 0. The highest BCUT2D eigenvalue weighted by Gasteiger charge is 2.42. The SMILES string of the molecule is NCC1(c2ccc3c(Cl)[nH]nc3c2)CC1. The van der Waals surface area contributed by atoms with Gasteiger partial charge < -0.3 is 5.73 Å². The Labute approximate surface area is 92.6 Å². The summed E-state index contributed by atoms with van der Waals surface area (Å²) in [7, 11) is 0. The van der Waals surface area contributed by atoms with E-state index in [4.69, 9.17) is 17.3 Å². The molecule has 1 aliphatic carbocycles. The molecule has 1 saturated carbocycles. The van der Waals surface area contributed by atoms with E-state index in [1.165, 1.54) is 18.4 Å². The Morgan fingerprint density at radius 3 is 2.93 bits per heavy atom. The Morgan fingerprint density at radius 1 is 1.47 bits per heavy atom. The molecule has 3 N–H and O–H groups in total. The molecule has 0 spiro atoms. The van der Waals surface area contributed by atoms with Gasteiger partial charge in [-0.15, -0.1) is 0 Å². The Kier molecular flexibility index (Phi) is 1.82. The molecule has 2 aromatic rings. The molecule has 1 aromatic heterocycles. The number of hydrogen-bond donors (Lipinski definition) is 2. The van der Waals surface area contributed by atoms with Gasteiger partial charge in [0.15, 0.2) is 0 Å². The van der Waals surface area contributed by atoms with Crippen molar-refractivity contribution in [3.05, 3.63) is 28.9 Å². The van der Waals surface area contributed by atoms with Crippen LogP contribution in [0.3, 0.4) is 0 Å². The van der Waals surface area contributed by atoms with Gasteiger partial charge in [-0.05, 0) is 30.5 Å². The number of hydrogen-bond acceptors (Lipinski definition) is 2. The van der Waals surface area contributed by atoms with Crippen molar-refractivity contribution in [2.45, 2.75) is 18.3 Å². The van der Waals surface area contributed by atoms with E-state index in [9.17, 15) is 0 Å². The molecular weight excluding hydrogens is 210 g/mol. The van der Waals surface area contributed by atoms with Gasteiger partial charge >= 0.3 is 0 Å². The zero-order valence-corrected chi connectivity index (χ0v) is 9.01. The molecular formula is C11H12ClN3. The van der Waals surface area contributed by atoms with E-state index < -0.39 is 0 Å². The molecule has 1 fully saturated rings. The standard InChI is InChI=1S/C11H12ClN3/c12-10-8-2-1-7(5-9(8)14-15-10)11(6-13)3-4-11/h1-2,5H,3-4,6,13H2,(H,14,15). The van der Waals surface area contributed by atoms with E-state index in [2.05, 4.69) is 22.3 Å². The first-order valence-electron chi connectivity index (χ1n) is 5.09. The average molecular weight is 222 g/mol. The van der Waals surface area contributed by atoms with E-state index in [-0.39, 0.29) is 5.41 Å². The highest BCUT2D eigenvalue weighted by molar-refractivity contribution is 6.34. The van der Waals surface area contributed by atoms with Gasteiger partial charge in [0.2, 0.25) is 0 Å². The molecule has 1 aromatic carbocycles. The van der Waals surface area contributed by atoms with Crippen LogP contribution in [0.1, 0.15) is 18.4 Å². The zero-order chi connectivity index (χ0) is 10.5. The lowest BCUT2D eigenvalue weighted by Gasteiger charge is -2.12. The van der Waals surface area contributed by atoms with Crippen LogP contribution >= 0.6 is 11.6 Å². The van der Waals surface area contributed by atoms with E-state index in [1.54, 1.807) is 0 Å². The molecule has 0 amide bonds. The topological polar surface area (TPSA) is 54.7 Å². The van der Waals surface area contributed by atoms with Crippen LogP contribution in [-0.2, 0) is 5.41 Å². The fraction of sp³-hybridized carbons (Fsp3) is 0.364. The normalized spacial score (nSPS) is 18.3. The van der Waals surface area contributed by atoms with Crippen molar-refractivity contribution in [1.29, 1.82) is 0 Å². The number of aromatic amines is 1. The van der Waals surface area contributed by atoms with Crippen molar-refractivity contribution in [2.24, 2.45) is 5.73 Å². The first kappa shape index (κ1) is 9.19. The number of nitrogens with one attached hydrogen (secondary N) is 1. The Morgan fingerprint density at radius 2 is 2.27 bits per heavy atom. The fourth-order valence-corrected chi connectivity index (χ4v) is 2.27. The van der Waals surface area contributed by atoms with Crippen molar-refractivity contribution in [1.82, 2.24) is 10.2 Å². The molecule has 4 heteroatoms. The third-order valence-electron chi connectivity index (χ3n) is 3.37. The van der Waals surface area contributed by atoms with Gasteiger partial charge in [0.25, 0.3) is 0 Å². The molecule has 78 valence electrons. The lowest BCUT2D eigenvalue weighted by molar-refractivity contribution is 0.705. The van der Waals surface area contributed by atoms with E-state index in [0.29, 0.717) is 5.15 Å². The van der Waals surface area contributed by atoms with Crippen LogP contribution in [0.2, 0.25) is 5.15 Å². The van der Waals surface area contributed by atoms with E-state index in [0.717, 1.165) is 17.4 Å². The third-order valence-corrected chi connectivity index (χ3v) is 3.65. The van der Waals surface area contributed by atoms with Crippen LogP contribution < -0.4 is 5.73 Å². The number of rotatable bonds is 2. The second-order valence-electron chi connectivity index (χ2n) is 4.25. The monoisotopic (exact) mass is 221 g/mol. The van der Waals surface area contributed by atoms with Crippen LogP contribution in [0.25, 0.3) is 10.9 Å². The number of benzene rings is 1. The second-order valence-corrected chi connectivity index (χ2v) is 4.63. The first-order chi connectivity index (χ1) is 7.25. The van der Waals surface area contributed by atoms with Gasteiger partial charge in [0.1, 0.15) is 5.15 Å². The Balaban J connectivity index is 2.14.